The van der Waals surface area contributed by atoms with Crippen LogP contribution in [0, 0.1) is 5.92 Å². The van der Waals surface area contributed by atoms with Crippen molar-refractivity contribution < 1.29 is 57.7 Å². The monoisotopic (exact) mass is 520 g/mol. The molecule has 0 aromatic heterocycles. The average Bonchev–Trinajstić information content (AvgIpc) is 3.06. The molecule has 3 aromatic rings. The summed E-state index contributed by atoms with van der Waals surface area (Å²) in [6, 6.07) is 25.2. The van der Waals surface area contributed by atoms with Crippen LogP contribution < -0.4 is 51.5 Å². The summed E-state index contributed by atoms with van der Waals surface area (Å²) in [5.74, 6) is 1.52. The number of rotatable bonds is 4. The molecule has 5 heteroatoms. The van der Waals surface area contributed by atoms with Crippen LogP contribution >= 0.6 is 0 Å². The van der Waals surface area contributed by atoms with Crippen molar-refractivity contribution in [3.63, 3.8) is 0 Å². The van der Waals surface area contributed by atoms with Crippen LogP contribution in [0.4, 0.5) is 0 Å². The molecule has 0 bridgehead atoms. The third-order valence-electron chi connectivity index (χ3n) is 6.84. The Bertz CT molecular complexity index is 987. The molecule has 1 saturated carbocycles. The van der Waals surface area contributed by atoms with Crippen molar-refractivity contribution in [2.24, 2.45) is 5.92 Å². The van der Waals surface area contributed by atoms with Gasteiger partial charge in [-0.3, -0.25) is 0 Å². The van der Waals surface area contributed by atoms with E-state index in [0.717, 1.165) is 5.92 Å². The number of fused-ring (bicyclic) bond motifs is 3. The van der Waals surface area contributed by atoms with Gasteiger partial charge in [-0.25, -0.2) is 0 Å². The summed E-state index contributed by atoms with van der Waals surface area (Å²) in [6.07, 6.45) is 8.54. The Morgan fingerprint density at radius 1 is 0.742 bits per heavy atom. The van der Waals surface area contributed by atoms with E-state index in [1.807, 2.05) is 0 Å². The molecule has 160 valence electrons. The molecule has 3 aromatic carbocycles. The van der Waals surface area contributed by atoms with Crippen LogP contribution in [0.25, 0.3) is 11.1 Å². The predicted molar refractivity (Wildman–Crippen MR) is 119 cm³/mol. The molecule has 0 amide bonds. The Kier molecular flexibility index (Phi) is 10.4. The van der Waals surface area contributed by atoms with E-state index in [-0.39, 0.29) is 37.2 Å². The molecule has 5 rings (SSSR count). The van der Waals surface area contributed by atoms with Gasteiger partial charge in [0.25, 0.3) is 0 Å². The van der Waals surface area contributed by atoms with Gasteiger partial charge in [-0.05, 0) is 0 Å². The quantitative estimate of drug-likeness (QED) is 0.302. The first-order chi connectivity index (χ1) is 13.8. The van der Waals surface area contributed by atoms with E-state index in [1.165, 1.54) is 49.7 Å². The van der Waals surface area contributed by atoms with Crippen LogP contribution in [-0.4, -0.2) is 9.52 Å². The summed E-state index contributed by atoms with van der Waals surface area (Å²) >= 11 is 2.41. The van der Waals surface area contributed by atoms with Crippen LogP contribution in [0.2, 0.25) is 0 Å². The summed E-state index contributed by atoms with van der Waals surface area (Å²) in [4.78, 5) is 0. The van der Waals surface area contributed by atoms with Crippen molar-refractivity contribution in [3.05, 3.63) is 77.9 Å². The number of hydrogen-bond acceptors (Lipinski definition) is 0. The van der Waals surface area contributed by atoms with Gasteiger partial charge < -0.3 is 37.2 Å². The van der Waals surface area contributed by atoms with Crippen LogP contribution in [0.1, 0.15) is 55.6 Å². The number of halogens is 3. The fourth-order valence-electron chi connectivity index (χ4n) is 5.43. The van der Waals surface area contributed by atoms with Gasteiger partial charge in [-0.2, -0.15) is 0 Å². The maximum atomic E-state index is 2.44. The molecule has 0 N–H and O–H groups in total. The minimum atomic E-state index is -0.421. The standard InChI is InChI=1S/C26H27Si.3ClH.Ti/c1-3-9-19(10-4-1)17-25-23-14-8-7-13-22(23)24-16-15-21(18-26(24)25)27-20-11-5-2-6-12-20;;;;/h2,5-8,11-16,19,25H,1,3-4,9-10,17,27H2;3*1H;/q;;;;+3/p-3. The van der Waals surface area contributed by atoms with E-state index >= 15 is 0 Å². The number of hydrogen-bond donors (Lipinski definition) is 0. The van der Waals surface area contributed by atoms with Crippen molar-refractivity contribution in [2.75, 3.05) is 0 Å². The van der Waals surface area contributed by atoms with Gasteiger partial charge in [0.15, 0.2) is 0 Å². The van der Waals surface area contributed by atoms with E-state index in [4.69, 9.17) is 0 Å². The van der Waals surface area contributed by atoms with Crippen molar-refractivity contribution in [1.29, 1.82) is 0 Å². The summed E-state index contributed by atoms with van der Waals surface area (Å²) in [7, 11) is -0.421. The molecule has 2 aliphatic rings. The molecule has 0 nitrogen and oxygen atoms in total. The van der Waals surface area contributed by atoms with Crippen LogP contribution in [0.3, 0.4) is 0 Å². The van der Waals surface area contributed by atoms with Crippen molar-refractivity contribution in [1.82, 2.24) is 0 Å². The molecular weight excluding hydrogens is 495 g/mol. The van der Waals surface area contributed by atoms with Crippen molar-refractivity contribution in [3.8, 4) is 11.1 Å². The zero-order valence-corrected chi connectivity index (χ0v) is 22.8. The first kappa shape index (κ1) is 26.7. The molecule has 1 fully saturated rings. The van der Waals surface area contributed by atoms with Crippen molar-refractivity contribution in [2.45, 2.75) is 44.4 Å². The zero-order chi connectivity index (χ0) is 18.9. The summed E-state index contributed by atoms with van der Waals surface area (Å²) < 4.78 is 1.59. The maximum absolute atomic E-state index is 2.44. The van der Waals surface area contributed by atoms with Crippen LogP contribution in [0.15, 0.2) is 66.7 Å². The normalized spacial score (nSPS) is 17.3. The number of benzene rings is 3. The second-order valence-electron chi connectivity index (χ2n) is 8.60. The molecule has 31 heavy (non-hydrogen) atoms. The van der Waals surface area contributed by atoms with Gasteiger partial charge >= 0.3 is 184 Å². The minimum absolute atomic E-state index is 0. The fourth-order valence-corrected chi connectivity index (χ4v) is 8.00. The predicted octanol–water partition coefficient (Wildman–Crippen LogP) is -4.93. The Morgan fingerprint density at radius 3 is 2.16 bits per heavy atom. The van der Waals surface area contributed by atoms with E-state index in [0.29, 0.717) is 5.92 Å². The van der Waals surface area contributed by atoms with Crippen molar-refractivity contribution >= 4 is 23.8 Å². The Labute approximate surface area is 219 Å². The molecule has 0 radical (unpaired) electrons. The molecule has 0 aliphatic heterocycles. The van der Waals surface area contributed by atoms with Crippen LogP contribution in [-0.2, 0) is 20.4 Å². The Morgan fingerprint density at radius 2 is 1.42 bits per heavy atom. The third-order valence-corrected chi connectivity index (χ3v) is 10.2. The third kappa shape index (κ3) is 5.52. The molecule has 2 aliphatic carbocycles. The van der Waals surface area contributed by atoms with Gasteiger partial charge in [0.2, 0.25) is 0 Å². The summed E-state index contributed by atoms with van der Waals surface area (Å²) in [5.41, 5.74) is 6.26. The van der Waals surface area contributed by atoms with Gasteiger partial charge in [0.1, 0.15) is 0 Å². The Hall–Kier alpha value is -0.539. The van der Waals surface area contributed by atoms with Gasteiger partial charge in [-0.15, -0.1) is 0 Å². The topological polar surface area (TPSA) is 0 Å². The molecule has 1 atom stereocenters. The first-order valence-electron chi connectivity index (χ1n) is 10.8. The zero-order valence-electron chi connectivity index (χ0n) is 17.6. The van der Waals surface area contributed by atoms with E-state index < -0.39 is 9.52 Å². The summed E-state index contributed by atoms with van der Waals surface area (Å²) in [6.45, 7) is 0. The molecule has 1 unspecified atom stereocenters. The van der Waals surface area contributed by atoms with E-state index in [1.54, 1.807) is 25.4 Å². The molecule has 0 spiro atoms. The van der Waals surface area contributed by atoms with Crippen LogP contribution in [0.5, 0.6) is 0 Å². The van der Waals surface area contributed by atoms with Gasteiger partial charge in [0.05, 0.1) is 0 Å². The summed E-state index contributed by atoms with van der Waals surface area (Å²) in [5, 5.41) is 3.18. The first-order valence-corrected chi connectivity index (χ1v) is 13.0. The van der Waals surface area contributed by atoms with Gasteiger partial charge in [0, 0.05) is 0 Å². The fraction of sp³-hybridized carbons (Fsp3) is 0.308. The second-order valence-corrected chi connectivity index (χ2v) is 11.3. The molecular formula is C26H27Cl3SiTi. The Balaban J connectivity index is 0.00000114. The van der Waals surface area contributed by atoms with E-state index in [9.17, 15) is 0 Å². The average molecular weight is 522 g/mol. The van der Waals surface area contributed by atoms with E-state index in [2.05, 4.69) is 87.2 Å². The molecule has 0 heterocycles. The molecule has 0 saturated heterocycles. The van der Waals surface area contributed by atoms with Gasteiger partial charge in [-0.1, -0.05) is 0 Å². The SMILES string of the molecule is [Cl-].[Cl-].[Cl-].[Ti+3][c]1c([SiH2]c2ccccc2)ccc2c1C(CC1CCCCC1)c1ccccc1-2. The second kappa shape index (κ2) is 12.1.